The number of nitro benzene ring substituents is 1. The van der Waals surface area contributed by atoms with E-state index in [9.17, 15) is 14.9 Å². The maximum Gasteiger partial charge on any atom is 0.307 e. The number of hydrogen-bond acceptors (Lipinski definition) is 6. The minimum absolute atomic E-state index is 0.00523. The van der Waals surface area contributed by atoms with E-state index in [0.29, 0.717) is 28.9 Å². The Labute approximate surface area is 223 Å². The van der Waals surface area contributed by atoms with Gasteiger partial charge in [0.25, 0.3) is 5.69 Å². The van der Waals surface area contributed by atoms with Crippen LogP contribution < -0.4 is 10.2 Å². The number of nitrogens with zero attached hydrogens (tertiary/aromatic N) is 2. The van der Waals surface area contributed by atoms with Gasteiger partial charge in [0.05, 0.1) is 20.1 Å². The second kappa shape index (κ2) is 10.7. The molecule has 0 saturated carbocycles. The van der Waals surface area contributed by atoms with Crippen molar-refractivity contribution in [1.29, 1.82) is 0 Å². The summed E-state index contributed by atoms with van der Waals surface area (Å²) < 4.78 is 14.0. The van der Waals surface area contributed by atoms with Crippen LogP contribution in [0.5, 0.6) is 5.75 Å². The zero-order valence-corrected chi connectivity index (χ0v) is 22.5. The quantitative estimate of drug-likeness (QED) is 0.0988. The molecule has 1 amide bonds. The summed E-state index contributed by atoms with van der Waals surface area (Å²) in [4.78, 5) is 22.8. The molecule has 4 aromatic rings. The molecule has 0 bridgehead atoms. The van der Waals surface area contributed by atoms with Gasteiger partial charge in [-0.05, 0) is 102 Å². The fourth-order valence-electron chi connectivity index (χ4n) is 3.00. The van der Waals surface area contributed by atoms with E-state index >= 15 is 0 Å². The number of amides is 1. The number of nitro groups is 1. The van der Waals surface area contributed by atoms with Gasteiger partial charge in [-0.15, -0.1) is 0 Å². The molecule has 0 saturated heterocycles. The van der Waals surface area contributed by atoms with Crippen LogP contribution in [-0.4, -0.2) is 17.0 Å². The van der Waals surface area contributed by atoms with Crippen molar-refractivity contribution in [2.45, 2.75) is 6.61 Å². The molecular weight excluding hydrogens is 685 g/mol. The average Bonchev–Trinajstić information content (AvgIpc) is 3.23. The summed E-state index contributed by atoms with van der Waals surface area (Å²) in [6.07, 6.45) is 1.48. The molecule has 172 valence electrons. The van der Waals surface area contributed by atoms with E-state index in [4.69, 9.17) is 9.15 Å². The van der Waals surface area contributed by atoms with Crippen LogP contribution in [0.25, 0.3) is 11.0 Å². The average molecular weight is 699 g/mol. The molecule has 1 N–H and O–H groups in total. The van der Waals surface area contributed by atoms with Crippen LogP contribution in [-0.2, 0) is 6.61 Å². The first-order valence-electron chi connectivity index (χ1n) is 9.68. The molecule has 3 aromatic carbocycles. The second-order valence-electron chi connectivity index (χ2n) is 7.02. The van der Waals surface area contributed by atoms with Crippen LogP contribution in [0.15, 0.2) is 79.1 Å². The molecular formula is C23H14Br2IN3O5. The lowest BCUT2D eigenvalue weighted by Gasteiger charge is -2.11. The van der Waals surface area contributed by atoms with E-state index in [1.807, 2.05) is 36.4 Å². The highest BCUT2D eigenvalue weighted by atomic mass is 127. The molecule has 0 spiro atoms. The Balaban J connectivity index is 1.41. The van der Waals surface area contributed by atoms with Gasteiger partial charge in [-0.25, -0.2) is 5.43 Å². The summed E-state index contributed by atoms with van der Waals surface area (Å²) in [5, 5.41) is 15.3. The number of non-ortho nitro benzene ring substituents is 1. The number of furan rings is 1. The Morgan fingerprint density at radius 2 is 1.82 bits per heavy atom. The zero-order valence-electron chi connectivity index (χ0n) is 17.1. The number of carbonyl (C=O) groups is 1. The van der Waals surface area contributed by atoms with Gasteiger partial charge in [0.2, 0.25) is 0 Å². The monoisotopic (exact) mass is 697 g/mol. The van der Waals surface area contributed by atoms with Crippen LogP contribution in [0.1, 0.15) is 21.7 Å². The lowest BCUT2D eigenvalue weighted by molar-refractivity contribution is -0.384. The van der Waals surface area contributed by atoms with Gasteiger partial charge in [0.1, 0.15) is 17.9 Å². The van der Waals surface area contributed by atoms with Crippen molar-refractivity contribution in [1.82, 2.24) is 5.43 Å². The Kier molecular flexibility index (Phi) is 7.63. The van der Waals surface area contributed by atoms with Crippen molar-refractivity contribution < 1.29 is 18.9 Å². The summed E-state index contributed by atoms with van der Waals surface area (Å²) in [6.45, 7) is 0.415. The number of nitrogens with one attached hydrogen (secondary N) is 1. The van der Waals surface area contributed by atoms with Crippen LogP contribution >= 0.6 is 54.5 Å². The number of fused-ring (bicyclic) bond motifs is 1. The second-order valence-corrected chi connectivity index (χ2v) is 9.97. The van der Waals surface area contributed by atoms with Crippen LogP contribution in [0.2, 0.25) is 0 Å². The third kappa shape index (κ3) is 5.83. The molecule has 34 heavy (non-hydrogen) atoms. The third-order valence-corrected chi connectivity index (χ3v) is 6.53. The number of halogens is 3. The molecule has 0 fully saturated rings. The van der Waals surface area contributed by atoms with Crippen LogP contribution in [0, 0.1) is 13.7 Å². The standard InChI is InChI=1S/C23H14Br2IN3O5/c24-18-7-14(8-19(25)22(18)33-12-13-1-3-16(26)4-2-13)11-27-28-23(30)21-10-15-9-17(29(31)32)5-6-20(15)34-21/h1-11H,12H2,(H,28,30)/b27-11-. The van der Waals surface area contributed by atoms with Gasteiger partial charge in [0.15, 0.2) is 5.76 Å². The van der Waals surface area contributed by atoms with Gasteiger partial charge in [-0.3, -0.25) is 14.9 Å². The van der Waals surface area contributed by atoms with Crippen molar-refractivity contribution in [3.05, 3.63) is 100 Å². The molecule has 0 aliphatic heterocycles. The summed E-state index contributed by atoms with van der Waals surface area (Å²) >= 11 is 9.27. The molecule has 0 aliphatic rings. The van der Waals surface area contributed by atoms with E-state index < -0.39 is 10.8 Å². The zero-order chi connectivity index (χ0) is 24.2. The fraction of sp³-hybridized carbons (Fsp3) is 0.0435. The molecule has 0 radical (unpaired) electrons. The molecule has 0 unspecified atom stereocenters. The van der Waals surface area contributed by atoms with Gasteiger partial charge in [-0.1, -0.05) is 12.1 Å². The minimum atomic E-state index is -0.578. The van der Waals surface area contributed by atoms with E-state index in [1.54, 1.807) is 0 Å². The van der Waals surface area contributed by atoms with E-state index in [1.165, 1.54) is 30.5 Å². The molecule has 11 heteroatoms. The maximum atomic E-state index is 12.4. The third-order valence-electron chi connectivity index (χ3n) is 4.63. The first-order chi connectivity index (χ1) is 16.3. The van der Waals surface area contributed by atoms with E-state index in [-0.39, 0.29) is 11.4 Å². The highest BCUT2D eigenvalue weighted by Crippen LogP contribution is 2.35. The van der Waals surface area contributed by atoms with Crippen molar-refractivity contribution in [3.8, 4) is 5.75 Å². The lowest BCUT2D eigenvalue weighted by Crippen LogP contribution is -2.16. The Bertz CT molecular complexity index is 1400. The first kappa shape index (κ1) is 24.4. The van der Waals surface area contributed by atoms with Crippen LogP contribution in [0.3, 0.4) is 0 Å². The largest absolute Gasteiger partial charge is 0.487 e. The summed E-state index contributed by atoms with van der Waals surface area (Å²) in [5.74, 6) is 0.0659. The van der Waals surface area contributed by atoms with Crippen molar-refractivity contribution in [2.75, 3.05) is 0 Å². The SMILES string of the molecule is O=C(N/N=C\c1cc(Br)c(OCc2ccc(I)cc2)c(Br)c1)c1cc2cc([N+](=O)[O-])ccc2o1. The lowest BCUT2D eigenvalue weighted by atomic mass is 10.2. The highest BCUT2D eigenvalue weighted by molar-refractivity contribution is 14.1. The van der Waals surface area contributed by atoms with Crippen molar-refractivity contribution >= 4 is 83.2 Å². The molecule has 0 aliphatic carbocycles. The summed E-state index contributed by atoms with van der Waals surface area (Å²) in [5.41, 5.74) is 4.43. The Morgan fingerprint density at radius 1 is 1.12 bits per heavy atom. The van der Waals surface area contributed by atoms with E-state index in [2.05, 4.69) is 65.0 Å². The van der Waals surface area contributed by atoms with Gasteiger partial charge < -0.3 is 9.15 Å². The van der Waals surface area contributed by atoms with Gasteiger partial charge >= 0.3 is 5.91 Å². The predicted octanol–water partition coefficient (Wildman–Crippen LogP) is 6.81. The molecule has 8 nitrogen and oxygen atoms in total. The number of ether oxygens (including phenoxy) is 1. The molecule has 1 heterocycles. The predicted molar refractivity (Wildman–Crippen MR) is 143 cm³/mol. The number of hydrogen-bond donors (Lipinski definition) is 1. The smallest absolute Gasteiger partial charge is 0.307 e. The Hall–Kier alpha value is -2.77. The van der Waals surface area contributed by atoms with Gasteiger partial charge in [0, 0.05) is 21.1 Å². The van der Waals surface area contributed by atoms with Crippen molar-refractivity contribution in [2.24, 2.45) is 5.10 Å². The highest BCUT2D eigenvalue weighted by Gasteiger charge is 2.15. The van der Waals surface area contributed by atoms with Crippen LogP contribution in [0.4, 0.5) is 5.69 Å². The van der Waals surface area contributed by atoms with Crippen molar-refractivity contribution in [3.63, 3.8) is 0 Å². The number of carbonyl (C=O) groups excluding carboxylic acids is 1. The normalized spacial score (nSPS) is 11.1. The molecule has 1 aromatic heterocycles. The Morgan fingerprint density at radius 3 is 2.50 bits per heavy atom. The minimum Gasteiger partial charge on any atom is -0.487 e. The molecule has 4 rings (SSSR count). The van der Waals surface area contributed by atoms with Gasteiger partial charge in [-0.2, -0.15) is 5.10 Å². The number of hydrazone groups is 1. The number of rotatable bonds is 7. The topological polar surface area (TPSA) is 107 Å². The maximum absolute atomic E-state index is 12.4. The number of benzene rings is 3. The summed E-state index contributed by atoms with van der Waals surface area (Å²) in [6, 6.07) is 17.2. The molecule has 0 atom stereocenters. The first-order valence-corrected chi connectivity index (χ1v) is 12.3. The van der Waals surface area contributed by atoms with E-state index in [0.717, 1.165) is 18.1 Å². The fourth-order valence-corrected chi connectivity index (χ4v) is 4.82. The summed E-state index contributed by atoms with van der Waals surface area (Å²) in [7, 11) is 0.